The Morgan fingerprint density at radius 3 is 2.50 bits per heavy atom. The molecular weight excluding hydrogens is 432 g/mol. The molecule has 1 N–H and O–H groups in total. The molecule has 0 radical (unpaired) electrons. The van der Waals surface area contributed by atoms with Gasteiger partial charge in [-0.05, 0) is 18.1 Å². The Bertz CT molecular complexity index is 1260. The fourth-order valence-electron chi connectivity index (χ4n) is 3.34. The van der Waals surface area contributed by atoms with Crippen molar-refractivity contribution in [3.8, 4) is 5.75 Å². The number of fused-ring (bicyclic) bond motifs is 1. The average molecular weight is 461 g/mol. The second-order valence-electron chi connectivity index (χ2n) is 8.12. The zero-order chi connectivity index (χ0) is 23.6. The molecule has 0 aliphatic carbocycles. The number of benzene rings is 1. The van der Waals surface area contributed by atoms with Crippen LogP contribution in [0.25, 0.3) is 11.2 Å². The van der Waals surface area contributed by atoms with Crippen molar-refractivity contribution in [1.29, 1.82) is 0 Å². The molecule has 0 fully saturated rings. The lowest BCUT2D eigenvalue weighted by molar-refractivity contribution is 0.0953. The van der Waals surface area contributed by atoms with Crippen LogP contribution in [0.3, 0.4) is 0 Å². The Hall–Kier alpha value is -2.85. The van der Waals surface area contributed by atoms with Crippen molar-refractivity contribution in [2.24, 2.45) is 27.1 Å². The molecule has 10 heteroatoms. The highest BCUT2D eigenvalue weighted by Crippen LogP contribution is 2.23. The van der Waals surface area contributed by atoms with Gasteiger partial charge in [-0.1, -0.05) is 37.7 Å². The van der Waals surface area contributed by atoms with Gasteiger partial charge in [0.05, 0.1) is 11.7 Å². The Balaban J connectivity index is 1.69. The minimum absolute atomic E-state index is 0.00314. The van der Waals surface area contributed by atoms with Gasteiger partial charge in [0.2, 0.25) is 0 Å². The van der Waals surface area contributed by atoms with E-state index in [1.165, 1.54) is 23.4 Å². The topological polar surface area (TPSA) is 108 Å². The molecule has 2 heterocycles. The highest BCUT2D eigenvalue weighted by Gasteiger charge is 2.19. The van der Waals surface area contributed by atoms with Crippen molar-refractivity contribution in [2.45, 2.75) is 31.5 Å². The number of hydrogen-bond acceptors (Lipinski definition) is 7. The fourth-order valence-corrected chi connectivity index (χ4v) is 4.21. The van der Waals surface area contributed by atoms with E-state index >= 15 is 0 Å². The number of carbonyl (C=O) groups excluding carboxylic acids is 1. The SMILES string of the molecule is CC(C)CC(=O)c1ccccc1OCC(O)CSc1nc2c(c(=O)n(C)c(=O)n2C)n1C. The number of nitrogens with zero attached hydrogens (tertiary/aromatic N) is 4. The van der Waals surface area contributed by atoms with Crippen LogP contribution in [0.15, 0.2) is 39.0 Å². The predicted octanol–water partition coefficient (Wildman–Crippen LogP) is 1.73. The Labute approximate surface area is 189 Å². The van der Waals surface area contributed by atoms with Gasteiger partial charge >= 0.3 is 5.69 Å². The molecule has 0 spiro atoms. The molecule has 32 heavy (non-hydrogen) atoms. The van der Waals surface area contributed by atoms with Crippen LogP contribution < -0.4 is 16.0 Å². The fraction of sp³-hybridized carbons (Fsp3) is 0.455. The third kappa shape index (κ3) is 4.81. The van der Waals surface area contributed by atoms with Crippen molar-refractivity contribution >= 4 is 28.7 Å². The summed E-state index contributed by atoms with van der Waals surface area (Å²) in [5, 5.41) is 10.9. The van der Waals surface area contributed by atoms with Crippen LogP contribution in [-0.4, -0.2) is 48.0 Å². The van der Waals surface area contributed by atoms with Crippen LogP contribution in [0.1, 0.15) is 30.6 Å². The Kier molecular flexibility index (Phi) is 7.25. The maximum atomic E-state index is 12.5. The molecule has 3 rings (SSSR count). The summed E-state index contributed by atoms with van der Waals surface area (Å²) in [6.45, 7) is 3.97. The van der Waals surface area contributed by atoms with E-state index in [1.54, 1.807) is 42.9 Å². The summed E-state index contributed by atoms with van der Waals surface area (Å²) < 4.78 is 9.72. The molecule has 0 aliphatic heterocycles. The second-order valence-corrected chi connectivity index (χ2v) is 9.11. The third-order valence-electron chi connectivity index (χ3n) is 5.05. The highest BCUT2D eigenvalue weighted by atomic mass is 32.2. The first-order chi connectivity index (χ1) is 15.1. The van der Waals surface area contributed by atoms with Crippen molar-refractivity contribution < 1.29 is 14.6 Å². The van der Waals surface area contributed by atoms with E-state index in [9.17, 15) is 19.5 Å². The van der Waals surface area contributed by atoms with Crippen LogP contribution in [0, 0.1) is 5.92 Å². The van der Waals surface area contributed by atoms with Gasteiger partial charge in [-0.15, -0.1) is 0 Å². The number of aliphatic hydroxyl groups excluding tert-OH is 1. The Morgan fingerprint density at radius 2 is 1.81 bits per heavy atom. The van der Waals surface area contributed by atoms with E-state index in [4.69, 9.17) is 4.74 Å². The second kappa shape index (κ2) is 9.74. The lowest BCUT2D eigenvalue weighted by Gasteiger charge is -2.15. The number of rotatable bonds is 9. The molecule has 0 aliphatic rings. The number of carbonyl (C=O) groups is 1. The highest BCUT2D eigenvalue weighted by molar-refractivity contribution is 7.99. The summed E-state index contributed by atoms with van der Waals surface area (Å²) in [4.78, 5) is 41.5. The quantitative estimate of drug-likeness (QED) is 0.383. The number of ether oxygens (including phenoxy) is 1. The van der Waals surface area contributed by atoms with E-state index in [0.29, 0.717) is 34.1 Å². The molecule has 1 atom stereocenters. The number of hydrogen-bond donors (Lipinski definition) is 1. The van der Waals surface area contributed by atoms with Crippen LogP contribution in [0.5, 0.6) is 5.75 Å². The number of para-hydroxylation sites is 1. The van der Waals surface area contributed by atoms with Gasteiger partial charge in [-0.2, -0.15) is 0 Å². The molecule has 9 nitrogen and oxygen atoms in total. The molecule has 0 saturated carbocycles. The van der Waals surface area contributed by atoms with E-state index < -0.39 is 17.4 Å². The molecule has 172 valence electrons. The predicted molar refractivity (Wildman–Crippen MR) is 124 cm³/mol. The molecular formula is C22H28N4O5S. The van der Waals surface area contributed by atoms with Crippen molar-refractivity contribution in [2.75, 3.05) is 12.4 Å². The maximum absolute atomic E-state index is 12.5. The average Bonchev–Trinajstić information content (AvgIpc) is 3.09. The van der Waals surface area contributed by atoms with E-state index in [0.717, 1.165) is 4.57 Å². The van der Waals surface area contributed by atoms with Gasteiger partial charge in [0.15, 0.2) is 22.1 Å². The summed E-state index contributed by atoms with van der Waals surface area (Å²) in [6, 6.07) is 7.02. The summed E-state index contributed by atoms with van der Waals surface area (Å²) in [5.41, 5.74) is 0.257. The van der Waals surface area contributed by atoms with Crippen LogP contribution in [0.4, 0.5) is 0 Å². The van der Waals surface area contributed by atoms with Crippen molar-refractivity contribution in [1.82, 2.24) is 18.7 Å². The lowest BCUT2D eigenvalue weighted by atomic mass is 10.0. The van der Waals surface area contributed by atoms with Crippen LogP contribution >= 0.6 is 11.8 Å². The van der Waals surface area contributed by atoms with Crippen LogP contribution in [-0.2, 0) is 21.1 Å². The summed E-state index contributed by atoms with van der Waals surface area (Å²) in [7, 11) is 4.68. The first-order valence-electron chi connectivity index (χ1n) is 10.3. The van der Waals surface area contributed by atoms with Crippen LogP contribution in [0.2, 0.25) is 0 Å². The van der Waals surface area contributed by atoms with Gasteiger partial charge in [-0.25, -0.2) is 9.78 Å². The van der Waals surface area contributed by atoms with E-state index in [-0.39, 0.29) is 24.1 Å². The number of imidazole rings is 1. The first-order valence-corrected chi connectivity index (χ1v) is 11.3. The lowest BCUT2D eigenvalue weighted by Crippen LogP contribution is -2.37. The van der Waals surface area contributed by atoms with Gasteiger partial charge in [0.1, 0.15) is 12.4 Å². The normalized spacial score (nSPS) is 12.5. The smallest absolute Gasteiger partial charge is 0.332 e. The van der Waals surface area contributed by atoms with Gasteiger partial charge < -0.3 is 14.4 Å². The number of aromatic nitrogens is 4. The number of ketones is 1. The molecule has 3 aromatic rings. The summed E-state index contributed by atoms with van der Waals surface area (Å²) in [6.07, 6.45) is -0.410. The number of thioether (sulfide) groups is 1. The zero-order valence-electron chi connectivity index (χ0n) is 18.9. The third-order valence-corrected chi connectivity index (χ3v) is 6.23. The standard InChI is InChI=1S/C22H28N4O5S/c1-13(2)10-16(28)15-8-6-7-9-17(15)31-11-14(27)12-32-21-23-19-18(24(21)3)20(29)26(5)22(30)25(19)4/h6-9,13-14,27H,10-12H2,1-5H3. The van der Waals surface area contributed by atoms with Crippen molar-refractivity contribution in [3.63, 3.8) is 0 Å². The Morgan fingerprint density at radius 1 is 1.12 bits per heavy atom. The van der Waals surface area contributed by atoms with E-state index in [2.05, 4.69) is 4.98 Å². The van der Waals surface area contributed by atoms with Gasteiger partial charge in [0.25, 0.3) is 5.56 Å². The molecule has 1 unspecified atom stereocenters. The molecule has 0 saturated heterocycles. The number of aliphatic hydroxyl groups is 1. The monoisotopic (exact) mass is 460 g/mol. The summed E-state index contributed by atoms with van der Waals surface area (Å²) in [5.74, 6) is 0.949. The van der Waals surface area contributed by atoms with Gasteiger partial charge in [-0.3, -0.25) is 18.7 Å². The number of aryl methyl sites for hydroxylation is 2. The molecule has 1 aromatic carbocycles. The number of Topliss-reactive ketones (excluding diaryl/α,β-unsaturated/α-hetero) is 1. The largest absolute Gasteiger partial charge is 0.490 e. The molecule has 0 amide bonds. The first kappa shape index (κ1) is 23.8. The van der Waals surface area contributed by atoms with E-state index in [1.807, 2.05) is 13.8 Å². The maximum Gasteiger partial charge on any atom is 0.332 e. The minimum Gasteiger partial charge on any atom is -0.490 e. The summed E-state index contributed by atoms with van der Waals surface area (Å²) >= 11 is 1.26. The zero-order valence-corrected chi connectivity index (χ0v) is 19.7. The molecule has 2 aromatic heterocycles. The van der Waals surface area contributed by atoms with Crippen molar-refractivity contribution in [3.05, 3.63) is 50.7 Å². The minimum atomic E-state index is -0.834. The molecule has 0 bridgehead atoms. The van der Waals surface area contributed by atoms with Gasteiger partial charge in [0, 0.05) is 33.3 Å².